The van der Waals surface area contributed by atoms with E-state index in [-0.39, 0.29) is 11.8 Å². The van der Waals surface area contributed by atoms with Crippen molar-refractivity contribution in [3.05, 3.63) is 90.5 Å². The Kier molecular flexibility index (Phi) is 8.14. The number of hydrogen-bond donors (Lipinski definition) is 0. The van der Waals surface area contributed by atoms with Crippen molar-refractivity contribution in [3.8, 4) is 26.6 Å². The van der Waals surface area contributed by atoms with Crippen molar-refractivity contribution < 1.29 is 9.53 Å². The zero-order valence-electron chi connectivity index (χ0n) is 22.5. The second kappa shape index (κ2) is 11.9. The van der Waals surface area contributed by atoms with Gasteiger partial charge in [-0.05, 0) is 71.5 Å². The summed E-state index contributed by atoms with van der Waals surface area (Å²) in [6.07, 6.45) is 5.48. The van der Waals surface area contributed by atoms with Gasteiger partial charge in [0, 0.05) is 36.3 Å². The molecule has 0 bridgehead atoms. The molecule has 1 aromatic heterocycles. The molecule has 0 radical (unpaired) electrons. The minimum absolute atomic E-state index is 0.101. The van der Waals surface area contributed by atoms with Crippen LogP contribution in [0.2, 0.25) is 0 Å². The molecule has 1 heterocycles. The van der Waals surface area contributed by atoms with Gasteiger partial charge in [0.05, 0.1) is 13.7 Å². The zero-order chi connectivity index (χ0) is 26.5. The van der Waals surface area contributed by atoms with E-state index in [0.29, 0.717) is 6.54 Å². The van der Waals surface area contributed by atoms with E-state index in [2.05, 4.69) is 97.9 Å². The van der Waals surface area contributed by atoms with Crippen molar-refractivity contribution in [1.82, 2.24) is 0 Å². The molecule has 0 saturated heterocycles. The van der Waals surface area contributed by atoms with Crippen LogP contribution in [0.3, 0.4) is 0 Å². The molecule has 1 amide bonds. The van der Waals surface area contributed by atoms with Gasteiger partial charge in [-0.1, -0.05) is 79.1 Å². The van der Waals surface area contributed by atoms with E-state index in [0.717, 1.165) is 52.4 Å². The number of carbonyl (C=O) groups excluding carboxylic acids is 1. The molecule has 0 N–H and O–H groups in total. The summed E-state index contributed by atoms with van der Waals surface area (Å²) < 4.78 is 5.40. The lowest BCUT2D eigenvalue weighted by molar-refractivity contribution is -0.123. The highest BCUT2D eigenvalue weighted by Crippen LogP contribution is 2.36. The third-order valence-electron chi connectivity index (χ3n) is 7.46. The molecule has 38 heavy (non-hydrogen) atoms. The molecule has 0 aliphatic heterocycles. The summed E-state index contributed by atoms with van der Waals surface area (Å²) in [7, 11) is 5.80. The number of methoxy groups -OCH3 is 1. The monoisotopic (exact) mass is 524 g/mol. The Morgan fingerprint density at radius 3 is 2.13 bits per heavy atom. The fraction of sp³-hybridized carbons (Fsp3) is 0.303. The lowest BCUT2D eigenvalue weighted by atomic mass is 9.88. The predicted octanol–water partition coefficient (Wildman–Crippen LogP) is 8.27. The first-order valence-electron chi connectivity index (χ1n) is 13.4. The van der Waals surface area contributed by atoms with Gasteiger partial charge >= 0.3 is 0 Å². The van der Waals surface area contributed by atoms with E-state index in [9.17, 15) is 4.79 Å². The molecule has 4 nitrogen and oxygen atoms in total. The van der Waals surface area contributed by atoms with Crippen molar-refractivity contribution in [2.45, 2.75) is 38.6 Å². The van der Waals surface area contributed by atoms with Gasteiger partial charge in [0.2, 0.25) is 5.91 Å². The van der Waals surface area contributed by atoms with Crippen LogP contribution < -0.4 is 14.5 Å². The molecule has 5 heteroatoms. The standard InChI is InChI=1S/C33H36N2O2S/c1-34(2)29-18-16-26(17-19-29)25-14-12-24(13-15-25)23-35(33(36)27-8-5-4-6-9-27)30-11-7-10-28(22-30)31-20-21-32(37-3)38-31/h7,10-22,27H,4-6,8-9,23H2,1-3H3. The van der Waals surface area contributed by atoms with Gasteiger partial charge in [-0.25, -0.2) is 0 Å². The Morgan fingerprint density at radius 1 is 0.816 bits per heavy atom. The van der Waals surface area contributed by atoms with E-state index in [1.54, 1.807) is 18.4 Å². The fourth-order valence-corrected chi connectivity index (χ4v) is 6.03. The largest absolute Gasteiger partial charge is 0.487 e. The number of rotatable bonds is 8. The summed E-state index contributed by atoms with van der Waals surface area (Å²) in [5, 5.41) is 0.886. The van der Waals surface area contributed by atoms with E-state index >= 15 is 0 Å². The Labute approximate surface area is 230 Å². The van der Waals surface area contributed by atoms with Crippen LogP contribution in [0, 0.1) is 5.92 Å². The lowest BCUT2D eigenvalue weighted by Gasteiger charge is -2.30. The summed E-state index contributed by atoms with van der Waals surface area (Å²) in [6, 6.07) is 29.7. The number of ether oxygens (including phenoxy) is 1. The summed E-state index contributed by atoms with van der Waals surface area (Å²) in [5.74, 6) is 0.345. The molecule has 1 aliphatic rings. The third kappa shape index (κ3) is 5.94. The minimum Gasteiger partial charge on any atom is -0.487 e. The molecular formula is C33H36N2O2S. The topological polar surface area (TPSA) is 32.8 Å². The summed E-state index contributed by atoms with van der Waals surface area (Å²) >= 11 is 1.62. The third-order valence-corrected chi connectivity index (χ3v) is 8.55. The number of hydrogen-bond acceptors (Lipinski definition) is 4. The van der Waals surface area contributed by atoms with Crippen LogP contribution in [0.1, 0.15) is 37.7 Å². The van der Waals surface area contributed by atoms with Gasteiger partial charge in [0.25, 0.3) is 0 Å². The van der Waals surface area contributed by atoms with E-state index in [1.165, 1.54) is 23.2 Å². The summed E-state index contributed by atoms with van der Waals surface area (Å²) in [4.78, 5) is 19.1. The van der Waals surface area contributed by atoms with Gasteiger partial charge in [0.1, 0.15) is 0 Å². The van der Waals surface area contributed by atoms with Crippen LogP contribution in [0.25, 0.3) is 21.6 Å². The van der Waals surface area contributed by atoms with Crippen LogP contribution in [0.5, 0.6) is 5.06 Å². The number of nitrogens with zero attached hydrogens (tertiary/aromatic N) is 2. The maximum Gasteiger partial charge on any atom is 0.230 e. The van der Waals surface area contributed by atoms with Crippen LogP contribution in [-0.2, 0) is 11.3 Å². The van der Waals surface area contributed by atoms with Crippen molar-refractivity contribution in [2.24, 2.45) is 5.92 Å². The molecule has 0 unspecified atom stereocenters. The van der Waals surface area contributed by atoms with E-state index in [1.807, 2.05) is 11.0 Å². The van der Waals surface area contributed by atoms with Crippen LogP contribution in [-0.4, -0.2) is 27.1 Å². The fourth-order valence-electron chi connectivity index (χ4n) is 5.22. The highest BCUT2D eigenvalue weighted by molar-refractivity contribution is 7.17. The van der Waals surface area contributed by atoms with Crippen molar-refractivity contribution in [2.75, 3.05) is 31.0 Å². The molecule has 196 valence electrons. The maximum atomic E-state index is 13.9. The van der Waals surface area contributed by atoms with E-state index in [4.69, 9.17) is 4.74 Å². The molecule has 3 aromatic carbocycles. The highest BCUT2D eigenvalue weighted by atomic mass is 32.1. The van der Waals surface area contributed by atoms with Crippen LogP contribution >= 0.6 is 11.3 Å². The minimum atomic E-state index is 0.101. The number of carbonyl (C=O) groups is 1. The number of thiophene rings is 1. The Balaban J connectivity index is 1.41. The Hall–Kier alpha value is -3.57. The first kappa shape index (κ1) is 26.1. The highest BCUT2D eigenvalue weighted by Gasteiger charge is 2.27. The number of benzene rings is 3. The van der Waals surface area contributed by atoms with Crippen molar-refractivity contribution in [3.63, 3.8) is 0 Å². The summed E-state index contributed by atoms with van der Waals surface area (Å²) in [5.41, 5.74) is 6.74. The first-order valence-corrected chi connectivity index (χ1v) is 14.3. The average molecular weight is 525 g/mol. The zero-order valence-corrected chi connectivity index (χ0v) is 23.3. The number of amides is 1. The molecule has 0 atom stereocenters. The van der Waals surface area contributed by atoms with Gasteiger partial charge in [0.15, 0.2) is 5.06 Å². The number of anilines is 2. The van der Waals surface area contributed by atoms with Gasteiger partial charge < -0.3 is 14.5 Å². The van der Waals surface area contributed by atoms with Crippen LogP contribution in [0.15, 0.2) is 84.9 Å². The Morgan fingerprint density at radius 2 is 1.50 bits per heavy atom. The predicted molar refractivity (Wildman–Crippen MR) is 160 cm³/mol. The van der Waals surface area contributed by atoms with Crippen molar-refractivity contribution in [1.29, 1.82) is 0 Å². The molecule has 1 aliphatic carbocycles. The molecule has 0 spiro atoms. The second-order valence-electron chi connectivity index (χ2n) is 10.3. The molecule has 1 fully saturated rings. The first-order chi connectivity index (χ1) is 18.5. The maximum absolute atomic E-state index is 13.9. The SMILES string of the molecule is COc1ccc(-c2cccc(N(Cc3ccc(-c4ccc(N(C)C)cc4)cc3)C(=O)C3CCCCC3)c2)s1. The van der Waals surface area contributed by atoms with Crippen LogP contribution in [0.4, 0.5) is 11.4 Å². The van der Waals surface area contributed by atoms with E-state index < -0.39 is 0 Å². The normalized spacial score (nSPS) is 13.8. The average Bonchev–Trinajstić information content (AvgIpc) is 3.46. The van der Waals surface area contributed by atoms with Gasteiger partial charge in [-0.15, -0.1) is 0 Å². The Bertz CT molecular complexity index is 1350. The smallest absolute Gasteiger partial charge is 0.230 e. The molecular weight excluding hydrogens is 488 g/mol. The van der Waals surface area contributed by atoms with Gasteiger partial charge in [-0.3, -0.25) is 4.79 Å². The van der Waals surface area contributed by atoms with Crippen molar-refractivity contribution >= 4 is 28.6 Å². The lowest BCUT2D eigenvalue weighted by Crippen LogP contribution is -2.36. The summed E-state index contributed by atoms with van der Waals surface area (Å²) in [6.45, 7) is 0.562. The quantitative estimate of drug-likeness (QED) is 0.233. The molecule has 4 aromatic rings. The second-order valence-corrected chi connectivity index (χ2v) is 11.3. The molecule has 5 rings (SSSR count). The van der Waals surface area contributed by atoms with Gasteiger partial charge in [-0.2, -0.15) is 0 Å². The molecule has 1 saturated carbocycles.